The summed E-state index contributed by atoms with van der Waals surface area (Å²) in [5.74, 6) is 0.0780. The zero-order valence-corrected chi connectivity index (χ0v) is 17.4. The highest BCUT2D eigenvalue weighted by atomic mass is 35.5. The molecule has 0 bridgehead atoms. The number of likely N-dealkylation sites (tertiary alicyclic amines) is 1. The molecule has 1 fully saturated rings. The molecule has 1 aliphatic heterocycles. The molecule has 2 aromatic rings. The van der Waals surface area contributed by atoms with Gasteiger partial charge in [0.05, 0.1) is 16.9 Å². The SMILES string of the molecule is CCN(CC)C(=O)C1CCN(C(=O)c2c(C)nn(-c3ccccc3)c2Cl)CC1. The number of aromatic nitrogens is 2. The highest BCUT2D eigenvalue weighted by molar-refractivity contribution is 6.33. The second-order valence-electron chi connectivity index (χ2n) is 7.08. The number of amides is 2. The van der Waals surface area contributed by atoms with E-state index in [1.54, 1.807) is 16.5 Å². The Kier molecular flexibility index (Phi) is 6.39. The van der Waals surface area contributed by atoms with E-state index < -0.39 is 0 Å². The van der Waals surface area contributed by atoms with Crippen LogP contribution in [0.2, 0.25) is 5.15 Å². The van der Waals surface area contributed by atoms with Gasteiger partial charge in [-0.15, -0.1) is 0 Å². The van der Waals surface area contributed by atoms with Crippen molar-refractivity contribution in [1.29, 1.82) is 0 Å². The normalized spacial score (nSPS) is 14.9. The molecule has 0 atom stereocenters. The van der Waals surface area contributed by atoms with Crippen molar-refractivity contribution in [1.82, 2.24) is 19.6 Å². The van der Waals surface area contributed by atoms with Crippen LogP contribution in [0.1, 0.15) is 42.7 Å². The van der Waals surface area contributed by atoms with Crippen LogP contribution in [0.15, 0.2) is 30.3 Å². The maximum atomic E-state index is 13.1. The van der Waals surface area contributed by atoms with Gasteiger partial charge in [0.1, 0.15) is 5.15 Å². The Morgan fingerprint density at radius 3 is 2.32 bits per heavy atom. The van der Waals surface area contributed by atoms with Gasteiger partial charge in [0, 0.05) is 32.1 Å². The molecule has 0 spiro atoms. The van der Waals surface area contributed by atoms with Gasteiger partial charge in [-0.2, -0.15) is 5.10 Å². The molecular formula is C21H27ClN4O2. The average Bonchev–Trinajstić information content (AvgIpc) is 3.03. The Morgan fingerprint density at radius 1 is 1.14 bits per heavy atom. The molecule has 6 nitrogen and oxygen atoms in total. The molecule has 2 amide bonds. The number of rotatable bonds is 5. The summed E-state index contributed by atoms with van der Waals surface area (Å²) in [6.07, 6.45) is 1.37. The third kappa shape index (κ3) is 3.92. The number of piperidine rings is 1. The fourth-order valence-corrected chi connectivity index (χ4v) is 4.12. The predicted octanol–water partition coefficient (Wildman–Crippen LogP) is 3.55. The van der Waals surface area contributed by atoms with Gasteiger partial charge >= 0.3 is 0 Å². The van der Waals surface area contributed by atoms with Crippen LogP contribution in [0.25, 0.3) is 5.69 Å². The van der Waals surface area contributed by atoms with E-state index in [4.69, 9.17) is 11.6 Å². The summed E-state index contributed by atoms with van der Waals surface area (Å²) in [7, 11) is 0. The van der Waals surface area contributed by atoms with E-state index in [0.717, 1.165) is 18.8 Å². The van der Waals surface area contributed by atoms with Gasteiger partial charge in [0.25, 0.3) is 5.91 Å². The van der Waals surface area contributed by atoms with Crippen molar-refractivity contribution in [3.8, 4) is 5.69 Å². The molecule has 3 rings (SSSR count). The lowest BCUT2D eigenvalue weighted by atomic mass is 9.94. The summed E-state index contributed by atoms with van der Waals surface area (Å²) >= 11 is 6.53. The van der Waals surface area contributed by atoms with Gasteiger partial charge in [-0.1, -0.05) is 29.8 Å². The van der Waals surface area contributed by atoms with Crippen molar-refractivity contribution >= 4 is 23.4 Å². The van der Waals surface area contributed by atoms with Crippen molar-refractivity contribution < 1.29 is 9.59 Å². The van der Waals surface area contributed by atoms with Crippen LogP contribution >= 0.6 is 11.6 Å². The molecule has 28 heavy (non-hydrogen) atoms. The lowest BCUT2D eigenvalue weighted by Gasteiger charge is -2.33. The van der Waals surface area contributed by atoms with Crippen LogP contribution in [0.5, 0.6) is 0 Å². The second kappa shape index (κ2) is 8.78. The van der Waals surface area contributed by atoms with Crippen LogP contribution in [0.3, 0.4) is 0 Å². The topological polar surface area (TPSA) is 58.4 Å². The second-order valence-corrected chi connectivity index (χ2v) is 7.43. The Morgan fingerprint density at radius 2 is 1.75 bits per heavy atom. The third-order valence-corrected chi connectivity index (χ3v) is 5.77. The number of hydrogen-bond acceptors (Lipinski definition) is 3. The van der Waals surface area contributed by atoms with E-state index in [-0.39, 0.29) is 17.7 Å². The van der Waals surface area contributed by atoms with Crippen LogP contribution in [-0.2, 0) is 4.79 Å². The van der Waals surface area contributed by atoms with Gasteiger partial charge in [0.15, 0.2) is 0 Å². The predicted molar refractivity (Wildman–Crippen MR) is 110 cm³/mol. The maximum Gasteiger partial charge on any atom is 0.258 e. The molecule has 1 aromatic heterocycles. The first-order valence-corrected chi connectivity index (χ1v) is 10.2. The highest BCUT2D eigenvalue weighted by Crippen LogP contribution is 2.27. The minimum absolute atomic E-state index is 0.00689. The van der Waals surface area contributed by atoms with E-state index in [1.807, 2.05) is 49.1 Å². The van der Waals surface area contributed by atoms with Crippen LogP contribution in [0.4, 0.5) is 0 Å². The monoisotopic (exact) mass is 402 g/mol. The summed E-state index contributed by atoms with van der Waals surface area (Å²) in [5.41, 5.74) is 1.87. The minimum atomic E-state index is -0.113. The quantitative estimate of drug-likeness (QED) is 0.768. The fourth-order valence-electron chi connectivity index (χ4n) is 3.76. The molecule has 7 heteroatoms. The summed E-state index contributed by atoms with van der Waals surface area (Å²) in [5, 5.41) is 4.79. The Balaban J connectivity index is 1.73. The highest BCUT2D eigenvalue weighted by Gasteiger charge is 2.32. The molecule has 1 saturated heterocycles. The number of para-hydroxylation sites is 1. The zero-order valence-electron chi connectivity index (χ0n) is 16.7. The molecule has 0 unspecified atom stereocenters. The lowest BCUT2D eigenvalue weighted by Crippen LogP contribution is -2.44. The van der Waals surface area contributed by atoms with E-state index >= 15 is 0 Å². The fraction of sp³-hybridized carbons (Fsp3) is 0.476. The van der Waals surface area contributed by atoms with Crippen molar-refractivity contribution in [2.45, 2.75) is 33.6 Å². The number of aryl methyl sites for hydroxylation is 1. The Hall–Kier alpha value is -2.34. The number of carbonyl (C=O) groups is 2. The van der Waals surface area contributed by atoms with Crippen molar-refractivity contribution in [2.24, 2.45) is 5.92 Å². The standard InChI is InChI=1S/C21H27ClN4O2/c1-4-24(5-2)20(27)16-11-13-25(14-12-16)21(28)18-15(3)23-26(19(18)22)17-9-7-6-8-10-17/h6-10,16H,4-5,11-14H2,1-3H3. The smallest absolute Gasteiger partial charge is 0.258 e. The van der Waals surface area contributed by atoms with Gasteiger partial charge in [-0.25, -0.2) is 4.68 Å². The molecule has 1 aromatic carbocycles. The molecule has 0 saturated carbocycles. The van der Waals surface area contributed by atoms with Gasteiger partial charge in [-0.05, 0) is 45.7 Å². The molecule has 0 aliphatic carbocycles. The first kappa shape index (κ1) is 20.4. The van der Waals surface area contributed by atoms with Crippen molar-refractivity contribution in [2.75, 3.05) is 26.2 Å². The van der Waals surface area contributed by atoms with Crippen LogP contribution < -0.4 is 0 Å². The zero-order chi connectivity index (χ0) is 20.3. The number of halogens is 1. The Bertz CT molecular complexity index is 838. The number of carbonyl (C=O) groups excluding carboxylic acids is 2. The van der Waals surface area contributed by atoms with Gasteiger partial charge in [0.2, 0.25) is 5.91 Å². The van der Waals surface area contributed by atoms with Crippen molar-refractivity contribution in [3.63, 3.8) is 0 Å². The molecule has 2 heterocycles. The molecular weight excluding hydrogens is 376 g/mol. The number of hydrogen-bond donors (Lipinski definition) is 0. The summed E-state index contributed by atoms with van der Waals surface area (Å²) in [6, 6.07) is 9.53. The van der Waals surface area contributed by atoms with E-state index in [2.05, 4.69) is 5.10 Å². The average molecular weight is 403 g/mol. The van der Waals surface area contributed by atoms with Gasteiger partial charge < -0.3 is 9.80 Å². The first-order chi connectivity index (χ1) is 13.5. The first-order valence-electron chi connectivity index (χ1n) is 9.86. The summed E-state index contributed by atoms with van der Waals surface area (Å²) in [6.45, 7) is 8.36. The maximum absolute atomic E-state index is 13.1. The molecule has 0 radical (unpaired) electrons. The van der Waals surface area contributed by atoms with Crippen LogP contribution in [0, 0.1) is 12.8 Å². The third-order valence-electron chi connectivity index (χ3n) is 5.43. The van der Waals surface area contributed by atoms with Crippen LogP contribution in [-0.4, -0.2) is 57.6 Å². The summed E-state index contributed by atoms with van der Waals surface area (Å²) < 4.78 is 1.60. The van der Waals surface area contributed by atoms with Gasteiger partial charge in [-0.3, -0.25) is 9.59 Å². The van der Waals surface area contributed by atoms with Crippen molar-refractivity contribution in [3.05, 3.63) is 46.7 Å². The molecule has 1 aliphatic rings. The lowest BCUT2D eigenvalue weighted by molar-refractivity contribution is -0.136. The molecule has 0 N–H and O–H groups in total. The van der Waals surface area contributed by atoms with E-state index in [1.165, 1.54) is 0 Å². The summed E-state index contributed by atoms with van der Waals surface area (Å²) in [4.78, 5) is 29.3. The molecule has 150 valence electrons. The van der Waals surface area contributed by atoms with E-state index in [9.17, 15) is 9.59 Å². The number of nitrogens with zero attached hydrogens (tertiary/aromatic N) is 4. The largest absolute Gasteiger partial charge is 0.343 e. The Labute approximate surface area is 171 Å². The number of benzene rings is 1. The minimum Gasteiger partial charge on any atom is -0.343 e. The van der Waals surface area contributed by atoms with E-state index in [0.29, 0.717) is 42.3 Å².